The second-order valence-electron chi connectivity index (χ2n) is 9.86. The van der Waals surface area contributed by atoms with Crippen molar-refractivity contribution in [1.29, 1.82) is 0 Å². The number of hydrogen-bond donors (Lipinski definition) is 2. The molecule has 12 nitrogen and oxygen atoms in total. The predicted octanol–water partition coefficient (Wildman–Crippen LogP) is 1.59. The number of carbonyl (C=O) groups is 5. The molecule has 1 aromatic rings. The quantitative estimate of drug-likeness (QED) is 0.135. The third-order valence-corrected chi connectivity index (χ3v) is 5.63. The summed E-state index contributed by atoms with van der Waals surface area (Å²) >= 11 is 0. The molecular weight excluding hydrogens is 510 g/mol. The Bertz CT molecular complexity index is 1010. The van der Waals surface area contributed by atoms with Gasteiger partial charge in [0.15, 0.2) is 0 Å². The molecular formula is C27H39N3O9. The first kappa shape index (κ1) is 31.9. The Hall–Kier alpha value is -3.35. The molecule has 4 amide bonds. The Kier molecular flexibility index (Phi) is 13.0. The van der Waals surface area contributed by atoms with Crippen LogP contribution in [-0.2, 0) is 38.1 Å². The van der Waals surface area contributed by atoms with Gasteiger partial charge < -0.3 is 24.3 Å². The highest BCUT2D eigenvalue weighted by Gasteiger charge is 2.35. The van der Waals surface area contributed by atoms with E-state index in [1.807, 2.05) is 20.8 Å². The molecule has 39 heavy (non-hydrogen) atoms. The van der Waals surface area contributed by atoms with Gasteiger partial charge in [-0.1, -0.05) is 6.07 Å². The number of rotatable bonds is 16. The predicted molar refractivity (Wildman–Crippen MR) is 141 cm³/mol. The van der Waals surface area contributed by atoms with Crippen molar-refractivity contribution in [2.75, 3.05) is 51.5 Å². The van der Waals surface area contributed by atoms with Crippen LogP contribution in [-0.4, -0.2) is 92.8 Å². The van der Waals surface area contributed by atoms with Crippen LogP contribution >= 0.6 is 0 Å². The maximum Gasteiger partial charge on any atom is 0.308 e. The van der Waals surface area contributed by atoms with Gasteiger partial charge in [0.2, 0.25) is 18.2 Å². The molecule has 0 radical (unpaired) electrons. The Morgan fingerprint density at radius 1 is 1.05 bits per heavy atom. The zero-order valence-electron chi connectivity index (χ0n) is 23.1. The first-order valence-corrected chi connectivity index (χ1v) is 12.9. The molecule has 2 rings (SSSR count). The lowest BCUT2D eigenvalue weighted by molar-refractivity contribution is -0.156. The molecule has 1 saturated heterocycles. The zero-order valence-corrected chi connectivity index (χ0v) is 23.1. The highest BCUT2D eigenvalue weighted by Crippen LogP contribution is 2.22. The highest BCUT2D eigenvalue weighted by molar-refractivity contribution is 6.08. The van der Waals surface area contributed by atoms with Crippen molar-refractivity contribution in [2.45, 2.75) is 58.6 Å². The summed E-state index contributed by atoms with van der Waals surface area (Å²) in [4.78, 5) is 60.7. The molecule has 1 aliphatic heterocycles. The monoisotopic (exact) mass is 549 g/mol. The Balaban J connectivity index is 1.64. The van der Waals surface area contributed by atoms with E-state index < -0.39 is 29.4 Å². The molecule has 0 aromatic heterocycles. The van der Waals surface area contributed by atoms with Crippen LogP contribution in [0.2, 0.25) is 0 Å². The fourth-order valence-electron chi connectivity index (χ4n) is 3.76. The van der Waals surface area contributed by atoms with Crippen LogP contribution in [0.25, 0.3) is 0 Å². The van der Waals surface area contributed by atoms with E-state index >= 15 is 0 Å². The maximum atomic E-state index is 13.0. The van der Waals surface area contributed by atoms with Gasteiger partial charge in [-0.05, 0) is 51.8 Å². The summed E-state index contributed by atoms with van der Waals surface area (Å²) in [6.45, 7) is 9.85. The zero-order chi connectivity index (χ0) is 28.8. The van der Waals surface area contributed by atoms with Crippen LogP contribution in [0.5, 0.6) is 0 Å². The molecule has 0 saturated carbocycles. The normalized spacial score (nSPS) is 15.4. The van der Waals surface area contributed by atoms with Crippen molar-refractivity contribution in [3.05, 3.63) is 29.3 Å². The largest absolute Gasteiger partial charge is 0.460 e. The molecule has 1 unspecified atom stereocenters. The number of piperidine rings is 1. The van der Waals surface area contributed by atoms with Gasteiger partial charge in [0.05, 0.1) is 46.1 Å². The molecule has 0 spiro atoms. The number of nitrogens with zero attached hydrogens (tertiary/aromatic N) is 1. The summed E-state index contributed by atoms with van der Waals surface area (Å²) in [5.41, 5.74) is 1.09. The van der Waals surface area contributed by atoms with Gasteiger partial charge in [0.25, 0.3) is 5.91 Å². The smallest absolute Gasteiger partial charge is 0.308 e. The molecule has 0 aliphatic carbocycles. The minimum Gasteiger partial charge on any atom is -0.460 e. The first-order valence-electron chi connectivity index (χ1n) is 12.9. The van der Waals surface area contributed by atoms with Crippen molar-refractivity contribution in [3.8, 4) is 0 Å². The van der Waals surface area contributed by atoms with E-state index in [-0.39, 0.29) is 37.4 Å². The highest BCUT2D eigenvalue weighted by atomic mass is 16.6. The van der Waals surface area contributed by atoms with E-state index in [1.54, 1.807) is 25.1 Å². The number of esters is 1. The summed E-state index contributed by atoms with van der Waals surface area (Å²) in [7, 11) is 0. The van der Waals surface area contributed by atoms with Gasteiger partial charge in [-0.15, -0.1) is 0 Å². The van der Waals surface area contributed by atoms with Crippen LogP contribution in [0.4, 0.5) is 5.69 Å². The number of imide groups is 2. The number of ether oxygens (including phenoxy) is 4. The molecule has 1 fully saturated rings. The van der Waals surface area contributed by atoms with Crippen LogP contribution in [0.3, 0.4) is 0 Å². The number of carbonyl (C=O) groups excluding carboxylic acids is 5. The number of hydrogen-bond acceptors (Lipinski definition) is 10. The Morgan fingerprint density at radius 3 is 2.31 bits per heavy atom. The summed E-state index contributed by atoms with van der Waals surface area (Å²) in [5, 5.41) is 5.36. The number of amides is 4. The molecule has 1 atom stereocenters. The van der Waals surface area contributed by atoms with E-state index in [2.05, 4.69) is 10.6 Å². The fourth-order valence-corrected chi connectivity index (χ4v) is 3.76. The lowest BCUT2D eigenvalue weighted by atomic mass is 10.0. The standard InChI is InChI=1S/C27H39N3O9/c1-19-20(26(35)30(18-31)22-8-9-23(32)29-25(22)34)6-5-7-21(19)28-11-13-37-15-17-38-16-14-36-12-10-24(33)39-27(2,3)4/h5-7,18,22,28H,8-17H2,1-4H3,(H,29,32,34). The summed E-state index contributed by atoms with van der Waals surface area (Å²) in [6, 6.07) is 4.04. The van der Waals surface area contributed by atoms with Gasteiger partial charge in [0.1, 0.15) is 11.6 Å². The Morgan fingerprint density at radius 2 is 1.69 bits per heavy atom. The van der Waals surface area contributed by atoms with E-state index in [9.17, 15) is 24.0 Å². The van der Waals surface area contributed by atoms with E-state index in [0.717, 1.165) is 4.90 Å². The fraction of sp³-hybridized carbons (Fsp3) is 0.593. The molecule has 2 N–H and O–H groups in total. The average molecular weight is 550 g/mol. The minimum atomic E-state index is -1.02. The molecule has 12 heteroatoms. The lowest BCUT2D eigenvalue weighted by Crippen LogP contribution is -2.53. The van der Waals surface area contributed by atoms with Crippen molar-refractivity contribution in [1.82, 2.24) is 10.2 Å². The van der Waals surface area contributed by atoms with Crippen LogP contribution in [0.1, 0.15) is 56.0 Å². The second kappa shape index (κ2) is 15.9. The molecule has 0 bridgehead atoms. The molecule has 1 aromatic carbocycles. The van der Waals surface area contributed by atoms with Gasteiger partial charge >= 0.3 is 5.97 Å². The SMILES string of the molecule is Cc1c(NCCOCCOCCOCCC(=O)OC(C)(C)C)cccc1C(=O)N(C=O)C1CCC(=O)NC1=O. The molecule has 1 aliphatic rings. The van der Waals surface area contributed by atoms with Gasteiger partial charge in [-0.2, -0.15) is 0 Å². The van der Waals surface area contributed by atoms with Crippen molar-refractivity contribution < 1.29 is 42.9 Å². The number of nitrogens with one attached hydrogen (secondary N) is 2. The third kappa shape index (κ3) is 11.1. The lowest BCUT2D eigenvalue weighted by Gasteiger charge is -2.29. The van der Waals surface area contributed by atoms with Gasteiger partial charge in [-0.25, -0.2) is 0 Å². The summed E-state index contributed by atoms with van der Waals surface area (Å²) in [5.74, 6) is -1.99. The van der Waals surface area contributed by atoms with Gasteiger partial charge in [0, 0.05) is 24.2 Å². The van der Waals surface area contributed by atoms with E-state index in [1.165, 1.54) is 0 Å². The summed E-state index contributed by atoms with van der Waals surface area (Å²) in [6.07, 6.45) is 0.671. The minimum absolute atomic E-state index is 0.0588. The van der Waals surface area contributed by atoms with Crippen molar-refractivity contribution in [2.24, 2.45) is 0 Å². The summed E-state index contributed by atoms with van der Waals surface area (Å²) < 4.78 is 21.6. The van der Waals surface area contributed by atoms with Crippen LogP contribution in [0, 0.1) is 6.92 Å². The van der Waals surface area contributed by atoms with Gasteiger partial charge in [-0.3, -0.25) is 34.2 Å². The Labute approximate surface area is 228 Å². The van der Waals surface area contributed by atoms with E-state index in [4.69, 9.17) is 18.9 Å². The molecule has 1 heterocycles. The van der Waals surface area contributed by atoms with Crippen LogP contribution < -0.4 is 10.6 Å². The maximum absolute atomic E-state index is 13.0. The second-order valence-corrected chi connectivity index (χ2v) is 9.86. The van der Waals surface area contributed by atoms with E-state index in [0.29, 0.717) is 57.2 Å². The first-order chi connectivity index (χ1) is 18.5. The van der Waals surface area contributed by atoms with Crippen LogP contribution in [0.15, 0.2) is 18.2 Å². The van der Waals surface area contributed by atoms with Crippen molar-refractivity contribution >= 4 is 35.8 Å². The number of benzene rings is 1. The average Bonchev–Trinajstić information content (AvgIpc) is 2.86. The molecule has 216 valence electrons. The topological polar surface area (TPSA) is 150 Å². The van der Waals surface area contributed by atoms with Crippen molar-refractivity contribution in [3.63, 3.8) is 0 Å². The third-order valence-electron chi connectivity index (χ3n) is 5.63. The number of anilines is 1.